The molecule has 3 nitrogen and oxygen atoms in total. The van der Waals surface area contributed by atoms with Crippen molar-refractivity contribution in [2.45, 2.75) is 25.3 Å². The van der Waals surface area contributed by atoms with Crippen LogP contribution < -0.4 is 10.1 Å². The van der Waals surface area contributed by atoms with Gasteiger partial charge in [0.2, 0.25) is 0 Å². The van der Waals surface area contributed by atoms with E-state index >= 15 is 0 Å². The van der Waals surface area contributed by atoms with Gasteiger partial charge in [0.15, 0.2) is 0 Å². The lowest BCUT2D eigenvalue weighted by Gasteiger charge is -2.27. The van der Waals surface area contributed by atoms with Crippen molar-refractivity contribution < 1.29 is 9.84 Å². The fraction of sp³-hybridized carbons (Fsp3) is 0.294. The van der Waals surface area contributed by atoms with E-state index in [1.54, 1.807) is 13.2 Å². The molecule has 0 heterocycles. The molecule has 2 aromatic carbocycles. The smallest absolute Gasteiger partial charge is 0.139 e. The lowest BCUT2D eigenvalue weighted by Crippen LogP contribution is -2.17. The molecule has 0 fully saturated rings. The Hall–Kier alpha value is -1.87. The predicted molar refractivity (Wildman–Crippen MR) is 85.4 cm³/mol. The van der Waals surface area contributed by atoms with Gasteiger partial charge in [0.05, 0.1) is 18.2 Å². The van der Waals surface area contributed by atoms with Crippen LogP contribution in [0.4, 0.5) is 5.69 Å². The lowest BCUT2D eigenvalue weighted by atomic mass is 9.87. The third-order valence-electron chi connectivity index (χ3n) is 3.94. The number of methoxy groups -OCH3 is 1. The van der Waals surface area contributed by atoms with Gasteiger partial charge in [-0.25, -0.2) is 0 Å². The summed E-state index contributed by atoms with van der Waals surface area (Å²) in [5.74, 6) is 0.977. The zero-order valence-electron chi connectivity index (χ0n) is 11.9. The summed E-state index contributed by atoms with van der Waals surface area (Å²) in [6.45, 7) is 0. The molecule has 110 valence electrons. The molecule has 0 spiro atoms. The van der Waals surface area contributed by atoms with E-state index in [0.717, 1.165) is 24.9 Å². The molecule has 0 saturated carbocycles. The van der Waals surface area contributed by atoms with Crippen molar-refractivity contribution in [3.8, 4) is 11.5 Å². The number of benzene rings is 2. The molecule has 21 heavy (non-hydrogen) atoms. The van der Waals surface area contributed by atoms with Gasteiger partial charge in [0, 0.05) is 11.8 Å². The third-order valence-corrected chi connectivity index (χ3v) is 4.25. The van der Waals surface area contributed by atoms with Crippen molar-refractivity contribution in [2.24, 2.45) is 0 Å². The Bertz CT molecular complexity index is 657. The molecule has 1 aliphatic carbocycles. The number of rotatable bonds is 3. The quantitative estimate of drug-likeness (QED) is 0.874. The van der Waals surface area contributed by atoms with Crippen molar-refractivity contribution in [3.05, 3.63) is 52.5 Å². The second-order valence-electron chi connectivity index (χ2n) is 5.32. The predicted octanol–water partition coefficient (Wildman–Crippen LogP) is 4.54. The van der Waals surface area contributed by atoms with Crippen molar-refractivity contribution in [1.29, 1.82) is 0 Å². The van der Waals surface area contributed by atoms with Gasteiger partial charge in [-0.15, -0.1) is 0 Å². The average Bonchev–Trinajstić information content (AvgIpc) is 2.50. The van der Waals surface area contributed by atoms with E-state index in [9.17, 15) is 5.11 Å². The fourth-order valence-corrected chi connectivity index (χ4v) is 3.08. The second kappa shape index (κ2) is 5.86. The van der Waals surface area contributed by atoms with E-state index in [1.807, 2.05) is 30.3 Å². The molecule has 2 aromatic rings. The largest absolute Gasteiger partial charge is 0.508 e. The first kappa shape index (κ1) is 14.1. The monoisotopic (exact) mass is 303 g/mol. The number of hydrogen-bond acceptors (Lipinski definition) is 3. The highest BCUT2D eigenvalue weighted by atomic mass is 35.5. The number of anilines is 1. The highest BCUT2D eigenvalue weighted by molar-refractivity contribution is 6.32. The summed E-state index contributed by atoms with van der Waals surface area (Å²) in [5.41, 5.74) is 3.45. The molecule has 0 saturated heterocycles. The Morgan fingerprint density at radius 2 is 2.10 bits per heavy atom. The van der Waals surface area contributed by atoms with Gasteiger partial charge >= 0.3 is 0 Å². The molecule has 1 unspecified atom stereocenters. The summed E-state index contributed by atoms with van der Waals surface area (Å²) in [7, 11) is 1.61. The Morgan fingerprint density at radius 1 is 1.24 bits per heavy atom. The first-order chi connectivity index (χ1) is 10.2. The molecule has 0 radical (unpaired) electrons. The molecule has 4 heteroatoms. The summed E-state index contributed by atoms with van der Waals surface area (Å²) in [6.07, 6.45) is 3.25. The Morgan fingerprint density at radius 3 is 2.90 bits per heavy atom. The molecular formula is C17H18ClNO2. The van der Waals surface area contributed by atoms with E-state index in [1.165, 1.54) is 11.1 Å². The van der Waals surface area contributed by atoms with Gasteiger partial charge in [0.1, 0.15) is 11.5 Å². The van der Waals surface area contributed by atoms with Crippen molar-refractivity contribution in [1.82, 2.24) is 0 Å². The number of phenolic OH excluding ortho intramolecular Hbond substituents is 1. The van der Waals surface area contributed by atoms with Crippen LogP contribution in [-0.4, -0.2) is 12.2 Å². The maximum atomic E-state index is 9.73. The van der Waals surface area contributed by atoms with Crippen LogP contribution in [0.25, 0.3) is 0 Å². The lowest BCUT2D eigenvalue weighted by molar-refractivity contribution is 0.415. The molecule has 0 amide bonds. The maximum absolute atomic E-state index is 9.73. The van der Waals surface area contributed by atoms with Crippen LogP contribution in [0, 0.1) is 0 Å². The topological polar surface area (TPSA) is 41.5 Å². The van der Waals surface area contributed by atoms with E-state index in [4.69, 9.17) is 16.3 Å². The third kappa shape index (κ3) is 2.93. The van der Waals surface area contributed by atoms with Crippen molar-refractivity contribution in [3.63, 3.8) is 0 Å². The van der Waals surface area contributed by atoms with Gasteiger partial charge < -0.3 is 15.2 Å². The fourth-order valence-electron chi connectivity index (χ4n) is 2.89. The average molecular weight is 304 g/mol. The van der Waals surface area contributed by atoms with Crippen LogP contribution in [-0.2, 0) is 6.42 Å². The SMILES string of the molecule is COc1cc(NC2CCCc3ccc(O)cc32)ccc1Cl. The number of ether oxygens (including phenoxy) is 1. The number of nitrogens with one attached hydrogen (secondary N) is 1. The van der Waals surface area contributed by atoms with Gasteiger partial charge in [-0.2, -0.15) is 0 Å². The van der Waals surface area contributed by atoms with Crippen LogP contribution in [0.1, 0.15) is 30.0 Å². The Labute approximate surface area is 129 Å². The minimum atomic E-state index is 0.201. The molecule has 1 atom stereocenters. The molecule has 0 aromatic heterocycles. The van der Waals surface area contributed by atoms with Crippen LogP contribution in [0.2, 0.25) is 5.02 Å². The number of hydrogen-bond donors (Lipinski definition) is 2. The number of phenols is 1. The van der Waals surface area contributed by atoms with E-state index in [0.29, 0.717) is 16.5 Å². The summed E-state index contributed by atoms with van der Waals surface area (Å²) < 4.78 is 5.25. The standard InChI is InChI=1S/C17H18ClNO2/c1-21-17-9-12(6-8-15(17)18)19-16-4-2-3-11-5-7-13(20)10-14(11)16/h5-10,16,19-20H,2-4H2,1H3. The first-order valence-electron chi connectivity index (χ1n) is 7.09. The zero-order chi connectivity index (χ0) is 14.8. The molecule has 0 aliphatic heterocycles. The second-order valence-corrected chi connectivity index (χ2v) is 5.73. The highest BCUT2D eigenvalue weighted by Gasteiger charge is 2.20. The molecule has 2 N–H and O–H groups in total. The Balaban J connectivity index is 1.88. The highest BCUT2D eigenvalue weighted by Crippen LogP contribution is 2.36. The van der Waals surface area contributed by atoms with Crippen LogP contribution >= 0.6 is 11.6 Å². The van der Waals surface area contributed by atoms with Crippen LogP contribution in [0.3, 0.4) is 0 Å². The van der Waals surface area contributed by atoms with E-state index in [-0.39, 0.29) is 6.04 Å². The number of fused-ring (bicyclic) bond motifs is 1. The first-order valence-corrected chi connectivity index (χ1v) is 7.47. The van der Waals surface area contributed by atoms with Gasteiger partial charge in [-0.3, -0.25) is 0 Å². The number of aryl methyl sites for hydroxylation is 1. The molecule has 3 rings (SSSR count). The van der Waals surface area contributed by atoms with E-state index < -0.39 is 0 Å². The zero-order valence-corrected chi connectivity index (χ0v) is 12.7. The van der Waals surface area contributed by atoms with Gasteiger partial charge in [-0.1, -0.05) is 17.7 Å². The van der Waals surface area contributed by atoms with Gasteiger partial charge in [-0.05, 0) is 54.7 Å². The molecule has 1 aliphatic rings. The number of halogens is 1. The summed E-state index contributed by atoms with van der Waals surface area (Å²) in [5, 5.41) is 13.8. The van der Waals surface area contributed by atoms with Crippen molar-refractivity contribution in [2.75, 3.05) is 12.4 Å². The van der Waals surface area contributed by atoms with Gasteiger partial charge in [0.25, 0.3) is 0 Å². The van der Waals surface area contributed by atoms with E-state index in [2.05, 4.69) is 5.32 Å². The normalized spacial score (nSPS) is 17.1. The molecular weight excluding hydrogens is 286 g/mol. The Kier molecular flexibility index (Phi) is 3.93. The van der Waals surface area contributed by atoms with Crippen LogP contribution in [0.15, 0.2) is 36.4 Å². The van der Waals surface area contributed by atoms with Crippen molar-refractivity contribution >= 4 is 17.3 Å². The maximum Gasteiger partial charge on any atom is 0.139 e. The van der Waals surface area contributed by atoms with Crippen LogP contribution in [0.5, 0.6) is 11.5 Å². The number of aromatic hydroxyl groups is 1. The molecule has 0 bridgehead atoms. The minimum absolute atomic E-state index is 0.201. The minimum Gasteiger partial charge on any atom is -0.508 e. The summed E-state index contributed by atoms with van der Waals surface area (Å²) >= 11 is 6.06. The summed E-state index contributed by atoms with van der Waals surface area (Å²) in [4.78, 5) is 0. The summed E-state index contributed by atoms with van der Waals surface area (Å²) in [6, 6.07) is 11.5.